The van der Waals surface area contributed by atoms with Gasteiger partial charge in [-0.25, -0.2) is 4.79 Å². The van der Waals surface area contributed by atoms with E-state index < -0.39 is 35.2 Å². The highest BCUT2D eigenvalue weighted by molar-refractivity contribution is 5.89. The zero-order valence-corrected chi connectivity index (χ0v) is 17.0. The highest BCUT2D eigenvalue weighted by Crippen LogP contribution is 2.40. The van der Waals surface area contributed by atoms with E-state index in [9.17, 15) is 14.4 Å². The molecule has 0 saturated carbocycles. The molecule has 1 saturated heterocycles. The Morgan fingerprint density at radius 1 is 1.18 bits per heavy atom. The van der Waals surface area contributed by atoms with Crippen molar-refractivity contribution < 1.29 is 33.3 Å². The molecule has 0 aromatic heterocycles. The van der Waals surface area contributed by atoms with Crippen LogP contribution in [0, 0.1) is 0 Å². The number of ether oxygens (including phenoxy) is 4. The predicted octanol–water partition coefficient (Wildman–Crippen LogP) is 3.05. The Hall–Kier alpha value is -2.41. The number of carbonyl (C=O) groups is 3. The normalized spacial score (nSPS) is 23.0. The average Bonchev–Trinajstić information content (AvgIpc) is 3.02. The molecule has 1 aliphatic heterocycles. The van der Waals surface area contributed by atoms with Crippen molar-refractivity contribution in [1.82, 2.24) is 0 Å². The first-order valence-electron chi connectivity index (χ1n) is 9.30. The molecule has 1 heterocycles. The van der Waals surface area contributed by atoms with E-state index in [1.54, 1.807) is 51.1 Å². The summed E-state index contributed by atoms with van der Waals surface area (Å²) in [6, 6.07) is 8.58. The summed E-state index contributed by atoms with van der Waals surface area (Å²) in [5, 5.41) is 0. The second-order valence-corrected chi connectivity index (χ2v) is 7.72. The Kier molecular flexibility index (Phi) is 6.82. The van der Waals surface area contributed by atoms with Crippen LogP contribution in [-0.2, 0) is 28.5 Å². The molecule has 0 radical (unpaired) electrons. The molecule has 0 unspecified atom stereocenters. The van der Waals surface area contributed by atoms with Crippen LogP contribution in [0.1, 0.15) is 57.8 Å². The first kappa shape index (κ1) is 21.9. The summed E-state index contributed by atoms with van der Waals surface area (Å²) in [7, 11) is 0. The van der Waals surface area contributed by atoms with Gasteiger partial charge in [0.1, 0.15) is 17.8 Å². The van der Waals surface area contributed by atoms with Crippen LogP contribution in [0.2, 0.25) is 0 Å². The fourth-order valence-corrected chi connectivity index (χ4v) is 3.37. The second-order valence-electron chi connectivity index (χ2n) is 7.72. The summed E-state index contributed by atoms with van der Waals surface area (Å²) in [6.45, 7) is 7.87. The predicted molar refractivity (Wildman–Crippen MR) is 101 cm³/mol. The van der Waals surface area contributed by atoms with Gasteiger partial charge in [0.05, 0.1) is 11.7 Å². The minimum Gasteiger partial charge on any atom is -0.458 e. The van der Waals surface area contributed by atoms with Crippen LogP contribution in [0.4, 0.5) is 0 Å². The maximum absolute atomic E-state index is 12.2. The number of rotatable bonds is 7. The summed E-state index contributed by atoms with van der Waals surface area (Å²) < 4.78 is 22.3. The largest absolute Gasteiger partial charge is 0.458 e. The van der Waals surface area contributed by atoms with Gasteiger partial charge >= 0.3 is 17.9 Å². The molecule has 7 nitrogen and oxygen atoms in total. The topological polar surface area (TPSA) is 88.1 Å². The Labute approximate surface area is 165 Å². The SMILES string of the molecule is CC(=O)O[C@@H](COC(=O)c1ccccc1)[C@]1(C)CC[C@H](C(C)(C)OC(C)=O)O1. The van der Waals surface area contributed by atoms with Crippen LogP contribution in [0.25, 0.3) is 0 Å². The molecule has 1 fully saturated rings. The molecule has 0 spiro atoms. The third-order valence-corrected chi connectivity index (χ3v) is 4.86. The molecule has 1 aromatic carbocycles. The fraction of sp³-hybridized carbons (Fsp3) is 0.571. The number of carbonyl (C=O) groups excluding carboxylic acids is 3. The first-order chi connectivity index (χ1) is 13.0. The molecule has 0 aliphatic carbocycles. The molecule has 1 aromatic rings. The summed E-state index contributed by atoms with van der Waals surface area (Å²) in [5.41, 5.74) is -1.29. The van der Waals surface area contributed by atoms with Crippen molar-refractivity contribution in [3.8, 4) is 0 Å². The van der Waals surface area contributed by atoms with Gasteiger partial charge in [0.2, 0.25) is 0 Å². The molecular formula is C21H28O7. The summed E-state index contributed by atoms with van der Waals surface area (Å²) in [6.07, 6.45) is 0.0183. The zero-order chi connectivity index (χ0) is 20.9. The van der Waals surface area contributed by atoms with Crippen LogP contribution in [0.15, 0.2) is 30.3 Å². The lowest BCUT2D eigenvalue weighted by atomic mass is 9.93. The molecule has 3 atom stereocenters. The molecule has 0 N–H and O–H groups in total. The van der Waals surface area contributed by atoms with E-state index >= 15 is 0 Å². The number of esters is 3. The van der Waals surface area contributed by atoms with Gasteiger partial charge in [-0.15, -0.1) is 0 Å². The van der Waals surface area contributed by atoms with E-state index in [-0.39, 0.29) is 12.7 Å². The third-order valence-electron chi connectivity index (χ3n) is 4.86. The van der Waals surface area contributed by atoms with Crippen LogP contribution in [0.3, 0.4) is 0 Å². The van der Waals surface area contributed by atoms with E-state index in [4.69, 9.17) is 18.9 Å². The Morgan fingerprint density at radius 2 is 1.82 bits per heavy atom. The summed E-state index contributed by atoms with van der Waals surface area (Å²) in [5.74, 6) is -1.39. The van der Waals surface area contributed by atoms with E-state index in [1.807, 2.05) is 0 Å². The van der Waals surface area contributed by atoms with Crippen LogP contribution in [-0.4, -0.2) is 47.9 Å². The molecule has 0 bridgehead atoms. The quantitative estimate of drug-likeness (QED) is 0.520. The van der Waals surface area contributed by atoms with Gasteiger partial charge in [-0.05, 0) is 45.7 Å². The van der Waals surface area contributed by atoms with Crippen LogP contribution < -0.4 is 0 Å². The average molecular weight is 392 g/mol. The van der Waals surface area contributed by atoms with Crippen molar-refractivity contribution in [2.75, 3.05) is 6.61 Å². The zero-order valence-electron chi connectivity index (χ0n) is 17.0. The molecule has 1 aliphatic rings. The summed E-state index contributed by atoms with van der Waals surface area (Å²) >= 11 is 0. The Balaban J connectivity index is 2.08. The Morgan fingerprint density at radius 3 is 2.39 bits per heavy atom. The monoisotopic (exact) mass is 392 g/mol. The van der Waals surface area contributed by atoms with E-state index in [1.165, 1.54) is 13.8 Å². The van der Waals surface area contributed by atoms with Gasteiger partial charge in [-0.1, -0.05) is 18.2 Å². The van der Waals surface area contributed by atoms with Crippen molar-refractivity contribution in [3.63, 3.8) is 0 Å². The van der Waals surface area contributed by atoms with Gasteiger partial charge in [0.15, 0.2) is 6.10 Å². The smallest absolute Gasteiger partial charge is 0.338 e. The van der Waals surface area contributed by atoms with Gasteiger partial charge in [0, 0.05) is 13.8 Å². The van der Waals surface area contributed by atoms with E-state index in [0.29, 0.717) is 18.4 Å². The van der Waals surface area contributed by atoms with E-state index in [2.05, 4.69) is 0 Å². The molecular weight excluding hydrogens is 364 g/mol. The maximum Gasteiger partial charge on any atom is 0.338 e. The minimum atomic E-state index is -0.870. The lowest BCUT2D eigenvalue weighted by Crippen LogP contribution is -2.48. The number of benzene rings is 1. The molecule has 0 amide bonds. The standard InChI is InChI=1S/C21H28O7/c1-14(22)26-18(13-25-19(24)16-9-7-6-8-10-16)21(5)12-11-17(28-21)20(3,4)27-15(2)23/h6-10,17-18H,11-13H2,1-5H3/t17-,18+,21+/m1/s1. The fourth-order valence-electron chi connectivity index (χ4n) is 3.37. The summed E-state index contributed by atoms with van der Waals surface area (Å²) in [4.78, 5) is 35.2. The van der Waals surface area contributed by atoms with Gasteiger partial charge in [-0.3, -0.25) is 9.59 Å². The third kappa shape index (κ3) is 5.55. The Bertz CT molecular complexity index is 713. The molecule has 2 rings (SSSR count). The van der Waals surface area contributed by atoms with Crippen molar-refractivity contribution in [3.05, 3.63) is 35.9 Å². The maximum atomic E-state index is 12.2. The van der Waals surface area contributed by atoms with Crippen molar-refractivity contribution in [2.45, 2.75) is 70.9 Å². The highest BCUT2D eigenvalue weighted by atomic mass is 16.6. The molecule has 7 heteroatoms. The van der Waals surface area contributed by atoms with E-state index in [0.717, 1.165) is 0 Å². The van der Waals surface area contributed by atoms with Gasteiger partial charge in [0.25, 0.3) is 0 Å². The number of hydrogen-bond acceptors (Lipinski definition) is 7. The second kappa shape index (κ2) is 8.73. The first-order valence-corrected chi connectivity index (χ1v) is 9.30. The minimum absolute atomic E-state index is 0.134. The van der Waals surface area contributed by atoms with Crippen molar-refractivity contribution in [1.29, 1.82) is 0 Å². The van der Waals surface area contributed by atoms with Crippen LogP contribution >= 0.6 is 0 Å². The lowest BCUT2D eigenvalue weighted by Gasteiger charge is -2.36. The highest BCUT2D eigenvalue weighted by Gasteiger charge is 2.50. The van der Waals surface area contributed by atoms with Gasteiger partial charge in [-0.2, -0.15) is 0 Å². The number of hydrogen-bond donors (Lipinski definition) is 0. The lowest BCUT2D eigenvalue weighted by molar-refractivity contribution is -0.195. The van der Waals surface area contributed by atoms with Crippen molar-refractivity contribution in [2.24, 2.45) is 0 Å². The van der Waals surface area contributed by atoms with Crippen LogP contribution in [0.5, 0.6) is 0 Å². The van der Waals surface area contributed by atoms with Gasteiger partial charge < -0.3 is 18.9 Å². The molecule has 154 valence electrons. The molecule has 28 heavy (non-hydrogen) atoms. The van der Waals surface area contributed by atoms with Crippen molar-refractivity contribution >= 4 is 17.9 Å².